The molecule has 1 amide bonds. The van der Waals surface area contributed by atoms with Crippen LogP contribution < -0.4 is 5.43 Å². The number of carbonyl (C=O) groups is 1. The van der Waals surface area contributed by atoms with Gasteiger partial charge in [-0.3, -0.25) is 9.59 Å². The molecular formula is C25H22F3N5O4S. The largest absolute Gasteiger partial charge is 0.503 e. The molecule has 1 fully saturated rings. The Labute approximate surface area is 218 Å². The number of hydrogen-bond acceptors (Lipinski definition) is 8. The standard InChI is InChI=1S/C25H22F3N5O4S/c1-11-8-25(37-31-11)4-3-12(2)32-10-18(25)33-9-15(21(34)22(35)20(33)24(32)36)23-30-29-19(38-23)7-14-16(27)5-13(26)6-17(14)28/h5-6,9,12,18,35H,3-4,7-8,10H2,1-2H3/t12-,18+,25-/m0/s1. The van der Waals surface area contributed by atoms with Crippen molar-refractivity contribution >= 4 is 23.0 Å². The maximum Gasteiger partial charge on any atom is 0.274 e. The van der Waals surface area contributed by atoms with Crippen molar-refractivity contribution in [1.29, 1.82) is 0 Å². The Hall–Kier alpha value is -3.74. The molecule has 3 aliphatic rings. The van der Waals surface area contributed by atoms with Crippen LogP contribution in [0.15, 0.2) is 28.3 Å². The van der Waals surface area contributed by atoms with E-state index in [1.807, 2.05) is 13.8 Å². The van der Waals surface area contributed by atoms with Gasteiger partial charge in [-0.2, -0.15) is 0 Å². The highest BCUT2D eigenvalue weighted by Gasteiger charge is 2.53. The van der Waals surface area contributed by atoms with Gasteiger partial charge in [-0.1, -0.05) is 16.5 Å². The van der Waals surface area contributed by atoms with Gasteiger partial charge in [0.25, 0.3) is 5.91 Å². The first kappa shape index (κ1) is 24.6. The van der Waals surface area contributed by atoms with Crippen LogP contribution in [0.4, 0.5) is 13.2 Å². The van der Waals surface area contributed by atoms with Gasteiger partial charge in [-0.25, -0.2) is 13.2 Å². The number of halogens is 3. The van der Waals surface area contributed by atoms with Gasteiger partial charge < -0.3 is 19.4 Å². The van der Waals surface area contributed by atoms with Crippen LogP contribution in [0.3, 0.4) is 0 Å². The third-order valence-corrected chi connectivity index (χ3v) is 8.53. The molecule has 6 rings (SSSR count). The van der Waals surface area contributed by atoms with Crippen LogP contribution in [0.25, 0.3) is 10.6 Å². The molecule has 3 atom stereocenters. The minimum absolute atomic E-state index is 0.0145. The summed E-state index contributed by atoms with van der Waals surface area (Å²) in [6.07, 6.45) is 2.97. The zero-order valence-electron chi connectivity index (χ0n) is 20.4. The van der Waals surface area contributed by atoms with Gasteiger partial charge in [0.2, 0.25) is 5.43 Å². The maximum atomic E-state index is 14.2. The first-order valence-corrected chi connectivity index (χ1v) is 12.9. The zero-order valence-corrected chi connectivity index (χ0v) is 21.2. The second-order valence-electron chi connectivity index (χ2n) is 10.0. The lowest BCUT2D eigenvalue weighted by molar-refractivity contribution is -0.0654. The molecule has 3 aromatic rings. The zero-order chi connectivity index (χ0) is 26.9. The quantitative estimate of drug-likeness (QED) is 0.536. The molecule has 0 saturated carbocycles. The molecule has 5 heterocycles. The number of rotatable bonds is 3. The molecule has 38 heavy (non-hydrogen) atoms. The molecule has 2 bridgehead atoms. The highest BCUT2D eigenvalue weighted by Crippen LogP contribution is 2.46. The van der Waals surface area contributed by atoms with Gasteiger partial charge >= 0.3 is 0 Å². The van der Waals surface area contributed by atoms with E-state index in [4.69, 9.17) is 4.84 Å². The second-order valence-corrected chi connectivity index (χ2v) is 11.1. The number of aromatic nitrogens is 3. The van der Waals surface area contributed by atoms with Gasteiger partial charge in [-0.15, -0.1) is 10.2 Å². The van der Waals surface area contributed by atoms with Crippen molar-refractivity contribution < 1.29 is 27.9 Å². The van der Waals surface area contributed by atoms with E-state index in [-0.39, 0.29) is 39.3 Å². The highest BCUT2D eigenvalue weighted by atomic mass is 32.1. The Morgan fingerprint density at radius 2 is 1.95 bits per heavy atom. The van der Waals surface area contributed by atoms with Crippen molar-refractivity contribution in [3.63, 3.8) is 0 Å². The lowest BCUT2D eigenvalue weighted by atomic mass is 9.84. The predicted octanol–water partition coefficient (Wildman–Crippen LogP) is 3.79. The van der Waals surface area contributed by atoms with Crippen LogP contribution in [0.2, 0.25) is 0 Å². The van der Waals surface area contributed by atoms with E-state index in [1.54, 1.807) is 9.47 Å². The molecule has 1 N–H and O–H groups in total. The lowest BCUT2D eigenvalue weighted by Gasteiger charge is -2.41. The summed E-state index contributed by atoms with van der Waals surface area (Å²) in [7, 11) is 0. The first-order chi connectivity index (χ1) is 18.1. The fourth-order valence-corrected chi connectivity index (χ4v) is 6.46. The van der Waals surface area contributed by atoms with E-state index in [1.165, 1.54) is 6.20 Å². The summed E-state index contributed by atoms with van der Waals surface area (Å²) < 4.78 is 43.2. The Morgan fingerprint density at radius 1 is 1.21 bits per heavy atom. The number of pyridine rings is 1. The van der Waals surface area contributed by atoms with Crippen molar-refractivity contribution in [1.82, 2.24) is 19.7 Å². The Morgan fingerprint density at radius 3 is 2.63 bits per heavy atom. The lowest BCUT2D eigenvalue weighted by Crippen LogP contribution is -2.52. The van der Waals surface area contributed by atoms with E-state index in [0.717, 1.165) is 17.0 Å². The van der Waals surface area contributed by atoms with Gasteiger partial charge in [0, 0.05) is 49.3 Å². The molecule has 198 valence electrons. The summed E-state index contributed by atoms with van der Waals surface area (Å²) in [5.41, 5.74) is -1.29. The maximum absolute atomic E-state index is 14.2. The molecule has 1 spiro atoms. The third kappa shape index (κ3) is 3.70. The summed E-state index contributed by atoms with van der Waals surface area (Å²) in [5, 5.41) is 23.4. The number of hydrogen-bond donors (Lipinski definition) is 1. The van der Waals surface area contributed by atoms with Crippen molar-refractivity contribution in [3.05, 3.63) is 62.3 Å². The van der Waals surface area contributed by atoms with Crippen LogP contribution in [0.1, 0.15) is 60.2 Å². The SMILES string of the molecule is CC1=NO[C@@]2(CC[C@H](C)N3C[C@H]2n2cc(-c4nnc(Cc5c(F)cc(F)cc5F)s4)c(=O)c(O)c2C3=O)C1. The number of nitrogens with zero attached hydrogens (tertiary/aromatic N) is 5. The van der Waals surface area contributed by atoms with Crippen molar-refractivity contribution in [2.24, 2.45) is 5.16 Å². The van der Waals surface area contributed by atoms with Gasteiger partial charge in [0.15, 0.2) is 22.1 Å². The van der Waals surface area contributed by atoms with Crippen molar-refractivity contribution in [2.45, 2.75) is 57.2 Å². The fraction of sp³-hybridized carbons (Fsp3) is 0.400. The minimum atomic E-state index is -1.06. The molecular weight excluding hydrogens is 523 g/mol. The fourth-order valence-electron chi connectivity index (χ4n) is 5.60. The van der Waals surface area contributed by atoms with Gasteiger partial charge in [-0.05, 0) is 26.7 Å². The number of carbonyl (C=O) groups excluding carboxylic acids is 1. The summed E-state index contributed by atoms with van der Waals surface area (Å²) >= 11 is 0.906. The van der Waals surface area contributed by atoms with Crippen LogP contribution in [0.5, 0.6) is 5.75 Å². The average Bonchev–Trinajstić information content (AvgIpc) is 3.46. The van der Waals surface area contributed by atoms with E-state index >= 15 is 0 Å². The van der Waals surface area contributed by atoms with E-state index in [0.29, 0.717) is 37.9 Å². The molecule has 1 saturated heterocycles. The van der Waals surface area contributed by atoms with Crippen molar-refractivity contribution in [3.8, 4) is 16.3 Å². The van der Waals surface area contributed by atoms with Gasteiger partial charge in [0.1, 0.15) is 22.5 Å². The summed E-state index contributed by atoms with van der Waals surface area (Å²) in [6.45, 7) is 4.09. The summed E-state index contributed by atoms with van der Waals surface area (Å²) in [6, 6.07) is 0.583. The Balaban J connectivity index is 1.44. The number of oxime groups is 1. The van der Waals surface area contributed by atoms with E-state index < -0.39 is 46.2 Å². The molecule has 1 aromatic carbocycles. The van der Waals surface area contributed by atoms with Crippen LogP contribution in [0, 0.1) is 17.5 Å². The normalized spacial score (nSPS) is 24.3. The number of benzene rings is 1. The smallest absolute Gasteiger partial charge is 0.274 e. The molecule has 0 radical (unpaired) electrons. The minimum Gasteiger partial charge on any atom is -0.503 e. The molecule has 2 aromatic heterocycles. The molecule has 13 heteroatoms. The molecule has 0 aliphatic carbocycles. The van der Waals surface area contributed by atoms with E-state index in [9.17, 15) is 27.9 Å². The number of fused-ring (bicyclic) bond motifs is 5. The topological polar surface area (TPSA) is 110 Å². The molecule has 3 aliphatic heterocycles. The third-order valence-electron chi connectivity index (χ3n) is 7.57. The Kier molecular flexibility index (Phi) is 5.60. The average molecular weight is 546 g/mol. The first-order valence-electron chi connectivity index (χ1n) is 12.0. The monoisotopic (exact) mass is 545 g/mol. The van der Waals surface area contributed by atoms with Crippen molar-refractivity contribution in [2.75, 3.05) is 6.54 Å². The Bertz CT molecular complexity index is 1560. The predicted molar refractivity (Wildman–Crippen MR) is 131 cm³/mol. The highest BCUT2D eigenvalue weighted by molar-refractivity contribution is 7.14. The summed E-state index contributed by atoms with van der Waals surface area (Å²) in [4.78, 5) is 34.2. The summed E-state index contributed by atoms with van der Waals surface area (Å²) in [5.74, 6) is -4.33. The number of amides is 1. The molecule has 9 nitrogen and oxygen atoms in total. The van der Waals surface area contributed by atoms with Gasteiger partial charge in [0.05, 0.1) is 17.3 Å². The van der Waals surface area contributed by atoms with Crippen LogP contribution >= 0.6 is 11.3 Å². The second kappa shape index (κ2) is 8.65. The number of aromatic hydroxyl groups is 1. The van der Waals surface area contributed by atoms with Crippen LogP contribution in [-0.2, 0) is 11.3 Å². The van der Waals surface area contributed by atoms with Crippen LogP contribution in [-0.4, -0.2) is 54.6 Å². The molecule has 0 unspecified atom stereocenters. The van der Waals surface area contributed by atoms with E-state index in [2.05, 4.69) is 15.4 Å².